The minimum atomic E-state index is -0.530. The molecule has 0 aliphatic carbocycles. The van der Waals surface area contributed by atoms with E-state index in [9.17, 15) is 4.79 Å². The van der Waals surface area contributed by atoms with Crippen LogP contribution in [0.25, 0.3) is 5.69 Å². The molecule has 1 aromatic carbocycles. The van der Waals surface area contributed by atoms with Gasteiger partial charge in [0.25, 0.3) is 0 Å². The number of hydrazine groups is 1. The van der Waals surface area contributed by atoms with Crippen molar-refractivity contribution in [2.75, 3.05) is 0 Å². The Balaban J connectivity index is 1.83. The lowest BCUT2D eigenvalue weighted by Gasteiger charge is -2.19. The lowest BCUT2D eigenvalue weighted by molar-refractivity contribution is 0.0497. The fourth-order valence-corrected chi connectivity index (χ4v) is 1.57. The number of nitrogens with one attached hydrogen (secondary N) is 2. The lowest BCUT2D eigenvalue weighted by atomic mass is 10.2. The first-order valence-electron chi connectivity index (χ1n) is 6.62. The highest BCUT2D eigenvalue weighted by Crippen LogP contribution is 2.06. The van der Waals surface area contributed by atoms with Crippen molar-refractivity contribution in [2.24, 2.45) is 0 Å². The van der Waals surface area contributed by atoms with Crippen LogP contribution in [0, 0.1) is 0 Å². The second-order valence-electron chi connectivity index (χ2n) is 5.44. The number of rotatable bonds is 4. The Hall–Kier alpha value is -2.41. The molecule has 2 rings (SSSR count). The number of nitrogens with zero attached hydrogens (tertiary/aromatic N) is 3. The normalized spacial score (nSPS) is 11.2. The molecule has 0 unspecified atom stereocenters. The third kappa shape index (κ3) is 4.88. The number of para-hydroxylation sites is 1. The summed E-state index contributed by atoms with van der Waals surface area (Å²) in [7, 11) is 0. The molecule has 0 radical (unpaired) electrons. The molecule has 0 aliphatic rings. The molecule has 1 heterocycles. The first-order valence-corrected chi connectivity index (χ1v) is 6.62. The Morgan fingerprint density at radius 3 is 2.67 bits per heavy atom. The van der Waals surface area contributed by atoms with Gasteiger partial charge in [-0.2, -0.15) is 15.0 Å². The number of carbonyl (C=O) groups excluding carboxylic acids is 1. The smallest absolute Gasteiger partial charge is 0.422 e. The van der Waals surface area contributed by atoms with Gasteiger partial charge in [0.15, 0.2) is 0 Å². The van der Waals surface area contributed by atoms with Gasteiger partial charge in [-0.25, -0.2) is 10.2 Å². The summed E-state index contributed by atoms with van der Waals surface area (Å²) < 4.78 is 5.10. The van der Waals surface area contributed by atoms with Crippen LogP contribution in [0.5, 0.6) is 0 Å². The van der Waals surface area contributed by atoms with Gasteiger partial charge in [0.1, 0.15) is 5.60 Å². The number of hydrogen-bond donors (Lipinski definition) is 2. The number of benzene rings is 1. The van der Waals surface area contributed by atoms with Gasteiger partial charge >= 0.3 is 6.09 Å². The Kier molecular flexibility index (Phi) is 4.54. The van der Waals surface area contributed by atoms with Gasteiger partial charge in [-0.15, -0.1) is 0 Å². The predicted molar refractivity (Wildman–Crippen MR) is 77.6 cm³/mol. The Morgan fingerprint density at radius 2 is 2.00 bits per heavy atom. The molecule has 2 N–H and O–H groups in total. The van der Waals surface area contributed by atoms with Crippen molar-refractivity contribution in [1.82, 2.24) is 25.8 Å². The average molecular weight is 289 g/mol. The molecular formula is C14H19N5O2. The zero-order valence-electron chi connectivity index (χ0n) is 12.3. The maximum atomic E-state index is 11.4. The highest BCUT2D eigenvalue weighted by atomic mass is 16.6. The third-order valence-corrected chi connectivity index (χ3v) is 2.39. The SMILES string of the molecule is CC(C)(C)OC(=O)NNCc1cnn(-c2ccccc2)n1. The second kappa shape index (κ2) is 6.36. The van der Waals surface area contributed by atoms with E-state index in [-0.39, 0.29) is 0 Å². The van der Waals surface area contributed by atoms with Gasteiger partial charge in [0.05, 0.1) is 24.1 Å². The number of carbonyl (C=O) groups is 1. The van der Waals surface area contributed by atoms with E-state index in [0.717, 1.165) is 5.69 Å². The van der Waals surface area contributed by atoms with E-state index in [4.69, 9.17) is 4.74 Å². The molecule has 0 atom stereocenters. The molecular weight excluding hydrogens is 270 g/mol. The van der Waals surface area contributed by atoms with Gasteiger partial charge in [0, 0.05) is 0 Å². The van der Waals surface area contributed by atoms with Gasteiger partial charge in [0.2, 0.25) is 0 Å². The standard InChI is InChI=1S/C14H19N5O2/c1-14(2,3)21-13(20)17-15-9-11-10-16-19(18-11)12-7-5-4-6-8-12/h4-8,10,15H,9H2,1-3H3,(H,17,20). The molecule has 0 fully saturated rings. The summed E-state index contributed by atoms with van der Waals surface area (Å²) in [6.45, 7) is 5.76. The summed E-state index contributed by atoms with van der Waals surface area (Å²) in [5, 5.41) is 8.47. The summed E-state index contributed by atoms with van der Waals surface area (Å²) >= 11 is 0. The molecule has 0 saturated carbocycles. The van der Waals surface area contributed by atoms with Crippen LogP contribution in [-0.2, 0) is 11.3 Å². The topological polar surface area (TPSA) is 81.1 Å². The quantitative estimate of drug-likeness (QED) is 0.839. The van der Waals surface area contributed by atoms with E-state index in [1.54, 1.807) is 27.0 Å². The molecule has 0 spiro atoms. The molecule has 0 saturated heterocycles. The number of aromatic nitrogens is 3. The van der Waals surface area contributed by atoms with Crippen molar-refractivity contribution in [3.63, 3.8) is 0 Å². The van der Waals surface area contributed by atoms with Crippen LogP contribution in [0.1, 0.15) is 26.5 Å². The zero-order chi connectivity index (χ0) is 15.3. The van der Waals surface area contributed by atoms with E-state index < -0.39 is 11.7 Å². The van der Waals surface area contributed by atoms with Crippen molar-refractivity contribution >= 4 is 6.09 Å². The molecule has 0 bridgehead atoms. The molecule has 1 aromatic heterocycles. The van der Waals surface area contributed by atoms with Crippen molar-refractivity contribution in [1.29, 1.82) is 0 Å². The Labute approximate surface area is 123 Å². The maximum absolute atomic E-state index is 11.4. The molecule has 21 heavy (non-hydrogen) atoms. The average Bonchev–Trinajstić information content (AvgIpc) is 2.86. The van der Waals surface area contributed by atoms with E-state index in [1.165, 1.54) is 4.80 Å². The van der Waals surface area contributed by atoms with Gasteiger partial charge in [-0.05, 0) is 32.9 Å². The zero-order valence-corrected chi connectivity index (χ0v) is 12.3. The minimum absolute atomic E-state index is 0.353. The van der Waals surface area contributed by atoms with Gasteiger partial charge < -0.3 is 4.74 Å². The molecule has 7 heteroatoms. The van der Waals surface area contributed by atoms with E-state index in [0.29, 0.717) is 12.2 Å². The van der Waals surface area contributed by atoms with Crippen molar-refractivity contribution in [3.8, 4) is 5.69 Å². The largest absolute Gasteiger partial charge is 0.443 e. The number of hydrogen-bond acceptors (Lipinski definition) is 5. The predicted octanol–water partition coefficient (Wildman–Crippen LogP) is 1.80. The highest BCUT2D eigenvalue weighted by Gasteiger charge is 2.15. The van der Waals surface area contributed by atoms with Crippen molar-refractivity contribution in [3.05, 3.63) is 42.2 Å². The first kappa shape index (κ1) is 15.0. The van der Waals surface area contributed by atoms with Gasteiger partial charge in [-0.1, -0.05) is 18.2 Å². The molecule has 2 aromatic rings. The summed E-state index contributed by atoms with van der Waals surface area (Å²) in [5.41, 5.74) is 6.25. The molecule has 7 nitrogen and oxygen atoms in total. The monoisotopic (exact) mass is 289 g/mol. The molecule has 0 aliphatic heterocycles. The molecule has 1 amide bonds. The van der Waals surface area contributed by atoms with Crippen molar-refractivity contribution < 1.29 is 9.53 Å². The highest BCUT2D eigenvalue weighted by molar-refractivity contribution is 5.66. The Morgan fingerprint density at radius 1 is 1.29 bits per heavy atom. The van der Waals surface area contributed by atoms with Crippen LogP contribution < -0.4 is 10.9 Å². The van der Waals surface area contributed by atoms with Crippen LogP contribution >= 0.6 is 0 Å². The number of ether oxygens (including phenoxy) is 1. The fraction of sp³-hybridized carbons (Fsp3) is 0.357. The summed E-state index contributed by atoms with van der Waals surface area (Å²) in [6, 6.07) is 9.59. The van der Waals surface area contributed by atoms with Gasteiger partial charge in [-0.3, -0.25) is 5.43 Å². The first-order chi connectivity index (χ1) is 9.94. The Bertz CT molecular complexity index is 589. The van der Waals surface area contributed by atoms with Crippen LogP contribution in [0.4, 0.5) is 4.79 Å². The van der Waals surface area contributed by atoms with E-state index >= 15 is 0 Å². The van der Waals surface area contributed by atoms with Crippen LogP contribution in [0.15, 0.2) is 36.5 Å². The second-order valence-corrected chi connectivity index (χ2v) is 5.44. The van der Waals surface area contributed by atoms with Crippen LogP contribution in [-0.4, -0.2) is 26.7 Å². The van der Waals surface area contributed by atoms with Crippen LogP contribution in [0.2, 0.25) is 0 Å². The summed E-state index contributed by atoms with van der Waals surface area (Å²) in [6.07, 6.45) is 1.11. The number of amides is 1. The summed E-state index contributed by atoms with van der Waals surface area (Å²) in [4.78, 5) is 13.0. The molecule has 112 valence electrons. The summed E-state index contributed by atoms with van der Waals surface area (Å²) in [5.74, 6) is 0. The van der Waals surface area contributed by atoms with Crippen molar-refractivity contribution in [2.45, 2.75) is 32.9 Å². The maximum Gasteiger partial charge on any atom is 0.422 e. The third-order valence-electron chi connectivity index (χ3n) is 2.39. The van der Waals surface area contributed by atoms with E-state index in [2.05, 4.69) is 21.0 Å². The minimum Gasteiger partial charge on any atom is -0.443 e. The van der Waals surface area contributed by atoms with E-state index in [1.807, 2.05) is 30.3 Å². The lowest BCUT2D eigenvalue weighted by Crippen LogP contribution is -2.40. The van der Waals surface area contributed by atoms with Crippen LogP contribution in [0.3, 0.4) is 0 Å². The fourth-order valence-electron chi connectivity index (χ4n) is 1.57.